The molecule has 1 N–H and O–H groups in total. The highest BCUT2D eigenvalue weighted by Gasteiger charge is 2.39. The van der Waals surface area contributed by atoms with Crippen molar-refractivity contribution in [2.75, 3.05) is 26.3 Å². The summed E-state index contributed by atoms with van der Waals surface area (Å²) in [6.07, 6.45) is -2.99. The average molecular weight is 476 g/mol. The first-order valence-corrected chi connectivity index (χ1v) is 10.6. The van der Waals surface area contributed by atoms with E-state index in [1.807, 2.05) is 31.2 Å². The normalized spacial score (nSPS) is 19.7. The maximum Gasteiger partial charge on any atom is 0.434 e. The fourth-order valence-electron chi connectivity index (χ4n) is 3.74. The topological polar surface area (TPSA) is 100 Å². The van der Waals surface area contributed by atoms with Crippen molar-refractivity contribution in [3.63, 3.8) is 0 Å². The SMILES string of the molecule is Cc1ccc(C2=NN(C(=O)N[C@H](C)c3cnc(C(F)(F)F)cn3)C[C@H]2N2CCOCC2=O)cc1. The summed E-state index contributed by atoms with van der Waals surface area (Å²) in [6, 6.07) is 5.87. The third-order valence-corrected chi connectivity index (χ3v) is 5.62. The van der Waals surface area contributed by atoms with Crippen LogP contribution in [0, 0.1) is 6.92 Å². The van der Waals surface area contributed by atoms with Crippen molar-refractivity contribution in [1.29, 1.82) is 0 Å². The number of carbonyl (C=O) groups is 2. The van der Waals surface area contributed by atoms with Gasteiger partial charge in [-0.05, 0) is 19.4 Å². The first kappa shape index (κ1) is 23.6. The molecule has 3 heterocycles. The average Bonchev–Trinajstić information content (AvgIpc) is 3.25. The number of nitrogens with one attached hydrogen (secondary N) is 1. The Labute approximate surface area is 193 Å². The smallest absolute Gasteiger partial charge is 0.370 e. The summed E-state index contributed by atoms with van der Waals surface area (Å²) < 4.78 is 43.4. The van der Waals surface area contributed by atoms with Gasteiger partial charge in [0.25, 0.3) is 0 Å². The van der Waals surface area contributed by atoms with Gasteiger partial charge in [0.2, 0.25) is 5.91 Å². The number of ether oxygens (including phenoxy) is 1. The predicted octanol–water partition coefficient (Wildman–Crippen LogP) is 2.52. The molecule has 0 spiro atoms. The quantitative estimate of drug-likeness (QED) is 0.731. The maximum atomic E-state index is 12.9. The van der Waals surface area contributed by atoms with Crippen LogP contribution in [-0.4, -0.2) is 69.9 Å². The van der Waals surface area contributed by atoms with Crippen molar-refractivity contribution in [3.8, 4) is 0 Å². The number of hydrogen-bond donors (Lipinski definition) is 1. The molecule has 4 rings (SSSR count). The van der Waals surface area contributed by atoms with Gasteiger partial charge in [-0.3, -0.25) is 9.78 Å². The number of benzene rings is 1. The molecule has 0 radical (unpaired) electrons. The third kappa shape index (κ3) is 5.01. The Morgan fingerprint density at radius 3 is 2.56 bits per heavy atom. The van der Waals surface area contributed by atoms with Gasteiger partial charge in [-0.1, -0.05) is 29.8 Å². The number of nitrogens with zero attached hydrogens (tertiary/aromatic N) is 5. The lowest BCUT2D eigenvalue weighted by Crippen LogP contribution is -2.52. The zero-order valence-corrected chi connectivity index (χ0v) is 18.5. The molecule has 2 aliphatic heterocycles. The number of halogens is 3. The standard InChI is InChI=1S/C22H23F3N6O3/c1-13-3-5-15(6-4-13)20-17(30-7-8-34-12-19(30)32)11-31(29-20)21(33)28-14(2)16-9-27-18(10-26-16)22(23,24)25/h3-6,9-10,14,17H,7-8,11-12H2,1-2H3,(H,28,33)/t14-,17-/m1/s1. The second-order valence-corrected chi connectivity index (χ2v) is 8.08. The van der Waals surface area contributed by atoms with E-state index in [1.54, 1.807) is 11.8 Å². The number of hydrogen-bond acceptors (Lipinski definition) is 6. The monoisotopic (exact) mass is 476 g/mol. The molecule has 3 amide bonds. The van der Waals surface area contributed by atoms with Crippen LogP contribution in [0.25, 0.3) is 0 Å². The molecule has 1 aromatic heterocycles. The second-order valence-electron chi connectivity index (χ2n) is 8.08. The van der Waals surface area contributed by atoms with Crippen LogP contribution in [0.4, 0.5) is 18.0 Å². The van der Waals surface area contributed by atoms with Crippen LogP contribution >= 0.6 is 0 Å². The van der Waals surface area contributed by atoms with E-state index in [0.29, 0.717) is 25.1 Å². The Hall–Kier alpha value is -3.54. The molecular formula is C22H23F3N6O3. The van der Waals surface area contributed by atoms with Gasteiger partial charge in [0.15, 0.2) is 5.69 Å². The molecule has 1 fully saturated rings. The molecule has 0 aliphatic carbocycles. The minimum Gasteiger partial charge on any atom is -0.370 e. The first-order chi connectivity index (χ1) is 16.1. The molecular weight excluding hydrogens is 453 g/mol. The van der Waals surface area contributed by atoms with Crippen molar-refractivity contribution in [3.05, 3.63) is 59.2 Å². The molecule has 9 nitrogen and oxygen atoms in total. The van der Waals surface area contributed by atoms with Gasteiger partial charge in [-0.15, -0.1) is 0 Å². The van der Waals surface area contributed by atoms with Crippen LogP contribution in [0.1, 0.15) is 35.5 Å². The summed E-state index contributed by atoms with van der Waals surface area (Å²) in [6.45, 7) is 4.40. The first-order valence-electron chi connectivity index (χ1n) is 10.6. The third-order valence-electron chi connectivity index (χ3n) is 5.62. The Morgan fingerprint density at radius 2 is 1.94 bits per heavy atom. The highest BCUT2D eigenvalue weighted by molar-refractivity contribution is 6.08. The highest BCUT2D eigenvalue weighted by Crippen LogP contribution is 2.27. The lowest BCUT2D eigenvalue weighted by Gasteiger charge is -2.32. The molecule has 2 aliphatic rings. The summed E-state index contributed by atoms with van der Waals surface area (Å²) in [7, 11) is 0. The van der Waals surface area contributed by atoms with E-state index in [4.69, 9.17) is 4.74 Å². The molecule has 12 heteroatoms. The fourth-order valence-corrected chi connectivity index (χ4v) is 3.74. The number of amides is 3. The van der Waals surface area contributed by atoms with Gasteiger partial charge >= 0.3 is 12.2 Å². The predicted molar refractivity (Wildman–Crippen MR) is 115 cm³/mol. The van der Waals surface area contributed by atoms with Gasteiger partial charge in [-0.2, -0.15) is 18.3 Å². The van der Waals surface area contributed by atoms with Gasteiger partial charge in [0.1, 0.15) is 6.61 Å². The summed E-state index contributed by atoms with van der Waals surface area (Å²) in [5.74, 6) is -0.188. The molecule has 1 saturated heterocycles. The Morgan fingerprint density at radius 1 is 1.21 bits per heavy atom. The Balaban J connectivity index is 1.52. The van der Waals surface area contributed by atoms with Crippen molar-refractivity contribution in [1.82, 2.24) is 25.2 Å². The van der Waals surface area contributed by atoms with Crippen LogP contribution in [0.5, 0.6) is 0 Å². The minimum absolute atomic E-state index is 0.0342. The van der Waals surface area contributed by atoms with Gasteiger partial charge in [0.05, 0.1) is 49.0 Å². The zero-order valence-electron chi connectivity index (χ0n) is 18.5. The summed E-state index contributed by atoms with van der Waals surface area (Å²) in [4.78, 5) is 34.2. The van der Waals surface area contributed by atoms with Crippen LogP contribution < -0.4 is 5.32 Å². The van der Waals surface area contributed by atoms with Crippen molar-refractivity contribution in [2.45, 2.75) is 32.1 Å². The number of alkyl halides is 3. The van der Waals surface area contributed by atoms with E-state index in [2.05, 4.69) is 20.4 Å². The number of hydrazone groups is 1. The Kier molecular flexibility index (Phi) is 6.51. The number of urea groups is 1. The summed E-state index contributed by atoms with van der Waals surface area (Å²) in [5.41, 5.74) is 1.48. The summed E-state index contributed by atoms with van der Waals surface area (Å²) >= 11 is 0. The van der Waals surface area contributed by atoms with E-state index in [-0.39, 0.29) is 24.8 Å². The van der Waals surface area contributed by atoms with Crippen LogP contribution in [-0.2, 0) is 15.7 Å². The van der Waals surface area contributed by atoms with Crippen LogP contribution in [0.2, 0.25) is 0 Å². The maximum absolute atomic E-state index is 12.9. The molecule has 1 aromatic carbocycles. The number of aryl methyl sites for hydroxylation is 1. The van der Waals surface area contributed by atoms with Crippen molar-refractivity contribution >= 4 is 17.6 Å². The highest BCUT2D eigenvalue weighted by atomic mass is 19.4. The Bertz CT molecular complexity index is 1090. The summed E-state index contributed by atoms with van der Waals surface area (Å²) in [5, 5.41) is 8.39. The molecule has 2 aromatic rings. The van der Waals surface area contributed by atoms with E-state index < -0.39 is 30.0 Å². The molecule has 0 bridgehead atoms. The lowest BCUT2D eigenvalue weighted by atomic mass is 10.0. The van der Waals surface area contributed by atoms with Gasteiger partial charge in [-0.25, -0.2) is 14.8 Å². The number of aromatic nitrogens is 2. The molecule has 2 atom stereocenters. The zero-order chi connectivity index (χ0) is 24.5. The van der Waals surface area contributed by atoms with Gasteiger partial charge in [0, 0.05) is 6.54 Å². The second kappa shape index (κ2) is 9.37. The molecule has 0 unspecified atom stereocenters. The van der Waals surface area contributed by atoms with Gasteiger partial charge < -0.3 is 15.0 Å². The number of rotatable bonds is 4. The lowest BCUT2D eigenvalue weighted by molar-refractivity contribution is -0.144. The number of carbonyl (C=O) groups excluding carboxylic acids is 2. The van der Waals surface area contributed by atoms with Crippen LogP contribution in [0.3, 0.4) is 0 Å². The van der Waals surface area contributed by atoms with E-state index in [0.717, 1.165) is 17.3 Å². The minimum atomic E-state index is -4.60. The largest absolute Gasteiger partial charge is 0.434 e. The van der Waals surface area contributed by atoms with E-state index in [9.17, 15) is 22.8 Å². The molecule has 34 heavy (non-hydrogen) atoms. The number of morpholine rings is 1. The van der Waals surface area contributed by atoms with Crippen molar-refractivity contribution < 1.29 is 27.5 Å². The van der Waals surface area contributed by atoms with E-state index >= 15 is 0 Å². The fraction of sp³-hybridized carbons (Fsp3) is 0.409. The molecule has 180 valence electrons. The van der Waals surface area contributed by atoms with Crippen LogP contribution in [0.15, 0.2) is 41.8 Å². The molecule has 0 saturated carbocycles. The van der Waals surface area contributed by atoms with Crippen molar-refractivity contribution in [2.24, 2.45) is 5.10 Å². The van der Waals surface area contributed by atoms with E-state index in [1.165, 1.54) is 5.01 Å².